The van der Waals surface area contributed by atoms with Gasteiger partial charge in [0.1, 0.15) is 5.82 Å². The van der Waals surface area contributed by atoms with Crippen LogP contribution in [0.4, 0.5) is 22.4 Å². The minimum absolute atomic E-state index is 0.101. The summed E-state index contributed by atoms with van der Waals surface area (Å²) in [5.41, 5.74) is -1.67. The molecule has 11 heteroatoms. The summed E-state index contributed by atoms with van der Waals surface area (Å²) in [4.78, 5) is 10.8. The van der Waals surface area contributed by atoms with Gasteiger partial charge in [-0.25, -0.2) is 22.3 Å². The van der Waals surface area contributed by atoms with Crippen LogP contribution in [-0.4, -0.2) is 33.7 Å². The third-order valence-electron chi connectivity index (χ3n) is 3.43. The molecule has 6 nitrogen and oxygen atoms in total. The van der Waals surface area contributed by atoms with Crippen LogP contribution in [0.2, 0.25) is 0 Å². The second-order valence-corrected chi connectivity index (χ2v) is 7.95. The number of hydrogen-bond donors (Lipinski definition) is 2. The second-order valence-electron chi connectivity index (χ2n) is 6.18. The van der Waals surface area contributed by atoms with E-state index in [4.69, 9.17) is 4.74 Å². The lowest BCUT2D eigenvalue weighted by atomic mass is 10.0. The molecule has 0 fully saturated rings. The molecule has 27 heavy (non-hydrogen) atoms. The predicted octanol–water partition coefficient (Wildman–Crippen LogP) is 3.28. The number of hydrogen-bond acceptors (Lipinski definition) is 4. The fraction of sp³-hybridized carbons (Fsp3) is 0.562. The van der Waals surface area contributed by atoms with Crippen molar-refractivity contribution in [2.45, 2.75) is 44.3 Å². The molecule has 0 bridgehead atoms. The Kier molecular flexibility index (Phi) is 8.03. The molecule has 0 aliphatic rings. The van der Waals surface area contributed by atoms with Gasteiger partial charge >= 0.3 is 12.3 Å². The molecule has 2 N–H and O–H groups in total. The van der Waals surface area contributed by atoms with Crippen LogP contribution in [-0.2, 0) is 20.9 Å². The molecule has 1 aromatic rings. The van der Waals surface area contributed by atoms with Crippen LogP contribution in [0.15, 0.2) is 23.1 Å². The average Bonchev–Trinajstić information content (AvgIpc) is 2.51. The van der Waals surface area contributed by atoms with E-state index in [1.54, 1.807) is 6.92 Å². The van der Waals surface area contributed by atoms with E-state index in [1.807, 2.05) is 13.8 Å². The predicted molar refractivity (Wildman–Crippen MR) is 90.0 cm³/mol. The number of carbonyl (C=O) groups excluding carboxylic acids is 1. The normalized spacial score (nSPS) is 13.5. The van der Waals surface area contributed by atoms with Gasteiger partial charge in [0.2, 0.25) is 10.0 Å². The highest BCUT2D eigenvalue weighted by molar-refractivity contribution is 7.89. The lowest BCUT2D eigenvalue weighted by molar-refractivity contribution is -0.140. The highest BCUT2D eigenvalue weighted by Crippen LogP contribution is 2.32. The molecule has 0 heterocycles. The summed E-state index contributed by atoms with van der Waals surface area (Å²) in [5.74, 6) is -1.47. The molecule has 0 aliphatic carbocycles. The van der Waals surface area contributed by atoms with Crippen molar-refractivity contribution in [3.05, 3.63) is 29.6 Å². The highest BCUT2D eigenvalue weighted by atomic mass is 32.2. The summed E-state index contributed by atoms with van der Waals surface area (Å²) >= 11 is 0. The zero-order chi connectivity index (χ0) is 20.8. The number of alkyl carbamates (subject to hydrolysis) is 1. The second kappa shape index (κ2) is 9.36. The van der Waals surface area contributed by atoms with Crippen molar-refractivity contribution in [2.24, 2.45) is 5.92 Å². The lowest BCUT2D eigenvalue weighted by Crippen LogP contribution is -2.44. The largest absolute Gasteiger partial charge is 0.450 e. The fourth-order valence-electron chi connectivity index (χ4n) is 2.28. The number of ether oxygens (including phenoxy) is 1. The molecule has 1 rings (SSSR count). The zero-order valence-electron chi connectivity index (χ0n) is 15.1. The van der Waals surface area contributed by atoms with Crippen molar-refractivity contribution >= 4 is 16.1 Å². The van der Waals surface area contributed by atoms with Gasteiger partial charge in [-0.15, -0.1) is 0 Å². The Morgan fingerprint density at radius 1 is 1.26 bits per heavy atom. The first kappa shape index (κ1) is 23.2. The van der Waals surface area contributed by atoms with Crippen molar-refractivity contribution < 1.29 is 35.5 Å². The molecule has 0 aliphatic heterocycles. The molecule has 0 saturated heterocycles. The van der Waals surface area contributed by atoms with Crippen LogP contribution < -0.4 is 10.0 Å². The Balaban J connectivity index is 2.96. The summed E-state index contributed by atoms with van der Waals surface area (Å²) < 4.78 is 83.1. The topological polar surface area (TPSA) is 84.5 Å². The summed E-state index contributed by atoms with van der Waals surface area (Å²) in [6.07, 6.45) is -5.36. The van der Waals surface area contributed by atoms with Crippen LogP contribution in [0.1, 0.15) is 32.8 Å². The van der Waals surface area contributed by atoms with Gasteiger partial charge in [0.25, 0.3) is 0 Å². The standard InChI is InChI=1S/C16H22F4N2O4S/c1-4-26-15(23)22-11(7-10(2)3)9-21-27(24,25)12-5-6-14(17)13(8-12)16(18,19)20/h5-6,8,10-11,21H,4,7,9H2,1-3H3,(H,22,23). The first-order chi connectivity index (χ1) is 12.4. The van der Waals surface area contributed by atoms with Gasteiger partial charge in [-0.05, 0) is 37.5 Å². The van der Waals surface area contributed by atoms with Gasteiger partial charge in [0.05, 0.1) is 17.1 Å². The van der Waals surface area contributed by atoms with E-state index in [2.05, 4.69) is 10.0 Å². The zero-order valence-corrected chi connectivity index (χ0v) is 15.9. The molecule has 0 saturated carbocycles. The Labute approximate surface area is 155 Å². The number of benzene rings is 1. The van der Waals surface area contributed by atoms with Crippen molar-refractivity contribution in [2.75, 3.05) is 13.2 Å². The molecule has 0 aromatic heterocycles. The highest BCUT2D eigenvalue weighted by Gasteiger charge is 2.35. The van der Waals surface area contributed by atoms with Crippen LogP contribution in [0, 0.1) is 11.7 Å². The van der Waals surface area contributed by atoms with Gasteiger partial charge < -0.3 is 10.1 Å². The van der Waals surface area contributed by atoms with Crippen molar-refractivity contribution in [3.8, 4) is 0 Å². The molecule has 0 spiro atoms. The number of rotatable bonds is 8. The minimum atomic E-state index is -5.03. The third kappa shape index (κ3) is 7.33. The Hall–Kier alpha value is -1.88. The Morgan fingerprint density at radius 3 is 2.41 bits per heavy atom. The van der Waals surface area contributed by atoms with E-state index in [9.17, 15) is 30.8 Å². The number of alkyl halides is 3. The Morgan fingerprint density at radius 2 is 1.89 bits per heavy atom. The Bertz CT molecular complexity index is 751. The third-order valence-corrected chi connectivity index (χ3v) is 4.85. The van der Waals surface area contributed by atoms with Gasteiger partial charge in [0.15, 0.2) is 0 Å². The molecule has 1 aromatic carbocycles. The number of sulfonamides is 1. The first-order valence-corrected chi connectivity index (χ1v) is 9.64. The van der Waals surface area contributed by atoms with Gasteiger partial charge in [-0.3, -0.25) is 0 Å². The summed E-state index contributed by atoms with van der Waals surface area (Å²) in [7, 11) is -4.35. The van der Waals surface area contributed by atoms with Crippen molar-refractivity contribution in [1.82, 2.24) is 10.0 Å². The van der Waals surface area contributed by atoms with Crippen LogP contribution in [0.25, 0.3) is 0 Å². The van der Waals surface area contributed by atoms with E-state index in [0.29, 0.717) is 12.5 Å². The first-order valence-electron chi connectivity index (χ1n) is 8.16. The number of nitrogens with one attached hydrogen (secondary N) is 2. The fourth-order valence-corrected chi connectivity index (χ4v) is 3.39. The minimum Gasteiger partial charge on any atom is -0.450 e. The van der Waals surface area contributed by atoms with Gasteiger partial charge in [-0.1, -0.05) is 13.8 Å². The molecular weight excluding hydrogens is 392 g/mol. The molecule has 0 radical (unpaired) electrons. The molecule has 154 valence electrons. The SMILES string of the molecule is CCOC(=O)NC(CNS(=O)(=O)c1ccc(F)c(C(F)(F)F)c1)CC(C)C. The summed E-state index contributed by atoms with van der Waals surface area (Å²) in [6.45, 7) is 5.17. The average molecular weight is 414 g/mol. The molecule has 1 atom stereocenters. The van der Waals surface area contributed by atoms with Crippen molar-refractivity contribution in [3.63, 3.8) is 0 Å². The lowest BCUT2D eigenvalue weighted by Gasteiger charge is -2.21. The van der Waals surface area contributed by atoms with Crippen LogP contribution in [0.5, 0.6) is 0 Å². The maximum atomic E-state index is 13.3. The summed E-state index contributed by atoms with van der Waals surface area (Å²) in [5, 5.41) is 2.49. The quantitative estimate of drug-likeness (QED) is 0.640. The smallest absolute Gasteiger partial charge is 0.419 e. The van der Waals surface area contributed by atoms with E-state index in [0.717, 1.165) is 6.07 Å². The van der Waals surface area contributed by atoms with E-state index in [1.165, 1.54) is 0 Å². The van der Waals surface area contributed by atoms with E-state index in [-0.39, 0.29) is 25.1 Å². The van der Waals surface area contributed by atoms with E-state index < -0.39 is 44.6 Å². The number of amides is 1. The monoisotopic (exact) mass is 414 g/mol. The molecular formula is C16H22F4N2O4S. The molecule has 1 unspecified atom stereocenters. The maximum absolute atomic E-state index is 13.3. The van der Waals surface area contributed by atoms with Crippen molar-refractivity contribution in [1.29, 1.82) is 0 Å². The van der Waals surface area contributed by atoms with Crippen LogP contribution in [0.3, 0.4) is 0 Å². The number of halogens is 4. The number of carbonyl (C=O) groups is 1. The maximum Gasteiger partial charge on any atom is 0.419 e. The van der Waals surface area contributed by atoms with E-state index >= 15 is 0 Å². The van der Waals surface area contributed by atoms with Gasteiger partial charge in [0, 0.05) is 12.6 Å². The van der Waals surface area contributed by atoms with Gasteiger partial charge in [-0.2, -0.15) is 13.2 Å². The summed E-state index contributed by atoms with van der Waals surface area (Å²) in [6, 6.07) is 0.776. The molecule has 1 amide bonds. The van der Waals surface area contributed by atoms with Crippen LogP contribution >= 0.6 is 0 Å².